The molecular weight excluding hydrogens is 366 g/mol. The minimum Gasteiger partial charge on any atom is -0.494 e. The van der Waals surface area contributed by atoms with Gasteiger partial charge in [-0.15, -0.1) is 12.4 Å². The Kier molecular flexibility index (Phi) is 7.12. The van der Waals surface area contributed by atoms with Crippen LogP contribution < -0.4 is 15.8 Å². The van der Waals surface area contributed by atoms with E-state index in [1.165, 1.54) is 0 Å². The van der Waals surface area contributed by atoms with Gasteiger partial charge in [-0.25, -0.2) is 0 Å². The second-order valence-electron chi connectivity index (χ2n) is 8.02. The van der Waals surface area contributed by atoms with E-state index in [-0.39, 0.29) is 35.7 Å². The van der Waals surface area contributed by atoms with Gasteiger partial charge in [0, 0.05) is 37.7 Å². The third-order valence-electron chi connectivity index (χ3n) is 5.44. The highest BCUT2D eigenvalue weighted by Crippen LogP contribution is 2.29. The van der Waals surface area contributed by atoms with Gasteiger partial charge in [0.15, 0.2) is 0 Å². The van der Waals surface area contributed by atoms with E-state index in [4.69, 9.17) is 10.5 Å². The number of rotatable bonds is 5. The van der Waals surface area contributed by atoms with Crippen LogP contribution in [-0.2, 0) is 16.0 Å². The molecule has 0 radical (unpaired) electrons. The second kappa shape index (κ2) is 8.93. The fraction of sp³-hybridized carbons (Fsp3) is 0.600. The molecule has 1 aromatic carbocycles. The summed E-state index contributed by atoms with van der Waals surface area (Å²) in [6.45, 7) is 6.23. The Morgan fingerprint density at radius 2 is 2.15 bits per heavy atom. The first-order valence-corrected chi connectivity index (χ1v) is 9.44. The average molecular weight is 396 g/mol. The molecule has 0 spiro atoms. The van der Waals surface area contributed by atoms with E-state index in [1.54, 1.807) is 0 Å². The lowest BCUT2D eigenvalue weighted by molar-refractivity contribution is -0.134. The first-order valence-electron chi connectivity index (χ1n) is 9.44. The van der Waals surface area contributed by atoms with Gasteiger partial charge in [-0.05, 0) is 48.4 Å². The number of ether oxygens (including phenoxy) is 1. The molecular formula is C20H30ClN3O3. The standard InChI is InChI=1S/C20H29N3O3.ClH/c1-20(2)13-23(10-9-17(20)21)19(25)4-3-11-26-15-6-7-16-14(12-15)5-8-18(24)22-16;/h6-7,12,17H,3-5,8-11,13,21H2,1-2H3,(H,22,24);1H. The van der Waals surface area contributed by atoms with Gasteiger partial charge < -0.3 is 20.7 Å². The number of halogens is 1. The van der Waals surface area contributed by atoms with E-state index in [9.17, 15) is 9.59 Å². The predicted molar refractivity (Wildman–Crippen MR) is 108 cm³/mol. The van der Waals surface area contributed by atoms with Crippen LogP contribution >= 0.6 is 12.4 Å². The summed E-state index contributed by atoms with van der Waals surface area (Å²) in [5.74, 6) is 1.03. The lowest BCUT2D eigenvalue weighted by Gasteiger charge is -2.42. The number of nitrogens with two attached hydrogens (primary N) is 1. The fourth-order valence-corrected chi connectivity index (χ4v) is 3.61. The van der Waals surface area contributed by atoms with Gasteiger partial charge >= 0.3 is 0 Å². The summed E-state index contributed by atoms with van der Waals surface area (Å²) in [6, 6.07) is 5.88. The Hall–Kier alpha value is -1.79. The molecule has 0 aromatic heterocycles. The van der Waals surface area contributed by atoms with Crippen molar-refractivity contribution < 1.29 is 14.3 Å². The number of carbonyl (C=O) groups is 2. The smallest absolute Gasteiger partial charge is 0.224 e. The topological polar surface area (TPSA) is 84.7 Å². The second-order valence-corrected chi connectivity index (χ2v) is 8.02. The van der Waals surface area contributed by atoms with Crippen LogP contribution in [0.25, 0.3) is 0 Å². The van der Waals surface area contributed by atoms with Crippen molar-refractivity contribution in [3.63, 3.8) is 0 Å². The number of anilines is 1. The van der Waals surface area contributed by atoms with Crippen LogP contribution in [0.3, 0.4) is 0 Å². The Bertz CT molecular complexity index is 693. The molecule has 1 atom stereocenters. The van der Waals surface area contributed by atoms with Crippen LogP contribution in [0.4, 0.5) is 5.69 Å². The number of benzene rings is 1. The number of nitrogens with zero attached hydrogens (tertiary/aromatic N) is 1. The largest absolute Gasteiger partial charge is 0.494 e. The Morgan fingerprint density at radius 1 is 1.37 bits per heavy atom. The summed E-state index contributed by atoms with van der Waals surface area (Å²) in [4.78, 5) is 25.7. The predicted octanol–water partition coefficient (Wildman–Crippen LogP) is 2.74. The third kappa shape index (κ3) is 5.36. The van der Waals surface area contributed by atoms with E-state index < -0.39 is 0 Å². The summed E-state index contributed by atoms with van der Waals surface area (Å²) in [5, 5.41) is 2.86. The molecule has 0 aliphatic carbocycles. The first kappa shape index (κ1) is 21.5. The van der Waals surface area contributed by atoms with Gasteiger partial charge in [0.1, 0.15) is 5.75 Å². The van der Waals surface area contributed by atoms with Crippen LogP contribution in [0.2, 0.25) is 0 Å². The molecule has 27 heavy (non-hydrogen) atoms. The number of piperidine rings is 1. The quantitative estimate of drug-likeness (QED) is 0.751. The molecule has 1 unspecified atom stereocenters. The lowest BCUT2D eigenvalue weighted by Crippen LogP contribution is -2.54. The number of likely N-dealkylation sites (tertiary alicyclic amines) is 1. The van der Waals surface area contributed by atoms with Crippen LogP contribution in [-0.4, -0.2) is 42.5 Å². The van der Waals surface area contributed by atoms with Gasteiger partial charge in [0.2, 0.25) is 11.8 Å². The van der Waals surface area contributed by atoms with Crippen molar-refractivity contribution in [1.82, 2.24) is 4.90 Å². The zero-order chi connectivity index (χ0) is 18.7. The monoisotopic (exact) mass is 395 g/mol. The maximum Gasteiger partial charge on any atom is 0.224 e. The summed E-state index contributed by atoms with van der Waals surface area (Å²) < 4.78 is 5.79. The van der Waals surface area contributed by atoms with Crippen LogP contribution in [0.15, 0.2) is 18.2 Å². The molecule has 6 nitrogen and oxygen atoms in total. The fourth-order valence-electron chi connectivity index (χ4n) is 3.61. The number of hydrogen-bond donors (Lipinski definition) is 2. The van der Waals surface area contributed by atoms with E-state index in [1.807, 2.05) is 23.1 Å². The Morgan fingerprint density at radius 3 is 2.89 bits per heavy atom. The SMILES string of the molecule is CC1(C)CN(C(=O)CCCOc2ccc3c(c2)CCC(=O)N3)CCC1N.Cl. The Labute approximate surface area is 167 Å². The van der Waals surface area contributed by atoms with Crippen molar-refractivity contribution in [2.75, 3.05) is 25.0 Å². The van der Waals surface area contributed by atoms with Gasteiger partial charge in [0.05, 0.1) is 6.61 Å². The number of amides is 2. The highest BCUT2D eigenvalue weighted by atomic mass is 35.5. The highest BCUT2D eigenvalue weighted by Gasteiger charge is 2.34. The van der Waals surface area contributed by atoms with Gasteiger partial charge in [-0.3, -0.25) is 9.59 Å². The van der Waals surface area contributed by atoms with Crippen molar-refractivity contribution in [2.24, 2.45) is 11.1 Å². The number of aryl methyl sites for hydroxylation is 1. The van der Waals surface area contributed by atoms with Crippen molar-refractivity contribution >= 4 is 29.9 Å². The maximum absolute atomic E-state index is 12.4. The van der Waals surface area contributed by atoms with Gasteiger partial charge in [0.25, 0.3) is 0 Å². The molecule has 7 heteroatoms. The summed E-state index contributed by atoms with van der Waals surface area (Å²) in [5.41, 5.74) is 8.08. The number of hydrogen-bond acceptors (Lipinski definition) is 4. The minimum atomic E-state index is -0.0248. The minimum absolute atomic E-state index is 0. The molecule has 3 rings (SSSR count). The molecule has 1 saturated heterocycles. The van der Waals surface area contributed by atoms with E-state index in [0.29, 0.717) is 25.9 Å². The molecule has 3 N–H and O–H groups in total. The zero-order valence-corrected chi connectivity index (χ0v) is 16.9. The molecule has 2 aliphatic rings. The van der Waals surface area contributed by atoms with Gasteiger partial charge in [-0.1, -0.05) is 13.8 Å². The molecule has 2 heterocycles. The molecule has 150 valence electrons. The molecule has 2 amide bonds. The summed E-state index contributed by atoms with van der Waals surface area (Å²) in [6.07, 6.45) is 3.30. The zero-order valence-electron chi connectivity index (χ0n) is 16.1. The summed E-state index contributed by atoms with van der Waals surface area (Å²) in [7, 11) is 0. The lowest BCUT2D eigenvalue weighted by atomic mass is 9.79. The summed E-state index contributed by atoms with van der Waals surface area (Å²) >= 11 is 0. The van der Waals surface area contributed by atoms with Crippen molar-refractivity contribution in [3.05, 3.63) is 23.8 Å². The molecule has 2 aliphatic heterocycles. The maximum atomic E-state index is 12.4. The molecule has 0 bridgehead atoms. The van der Waals surface area contributed by atoms with Crippen molar-refractivity contribution in [3.8, 4) is 5.75 Å². The average Bonchev–Trinajstić information content (AvgIpc) is 2.60. The third-order valence-corrected chi connectivity index (χ3v) is 5.44. The molecule has 0 saturated carbocycles. The van der Waals surface area contributed by atoms with Crippen LogP contribution in [0.1, 0.15) is 45.1 Å². The van der Waals surface area contributed by atoms with Crippen LogP contribution in [0, 0.1) is 5.41 Å². The number of fused-ring (bicyclic) bond motifs is 1. The number of nitrogens with one attached hydrogen (secondary N) is 1. The first-order chi connectivity index (χ1) is 12.3. The molecule has 1 fully saturated rings. The normalized spacial score (nSPS) is 20.9. The van der Waals surface area contributed by atoms with E-state index in [2.05, 4.69) is 19.2 Å². The van der Waals surface area contributed by atoms with Crippen LogP contribution in [0.5, 0.6) is 5.75 Å². The van der Waals surface area contributed by atoms with Gasteiger partial charge in [-0.2, -0.15) is 0 Å². The molecule has 1 aromatic rings. The Balaban J connectivity index is 0.00000261. The number of carbonyl (C=O) groups excluding carboxylic acids is 2. The highest BCUT2D eigenvalue weighted by molar-refractivity contribution is 5.94. The van der Waals surface area contributed by atoms with E-state index in [0.717, 1.165) is 42.9 Å². The van der Waals surface area contributed by atoms with E-state index >= 15 is 0 Å². The van der Waals surface area contributed by atoms with Crippen molar-refractivity contribution in [2.45, 2.75) is 52.0 Å². The van der Waals surface area contributed by atoms with Crippen molar-refractivity contribution in [1.29, 1.82) is 0 Å².